The number of nitrogens with two attached hydrogens (primary N) is 1. The van der Waals surface area contributed by atoms with E-state index in [2.05, 4.69) is 18.1 Å². The molecule has 1 aromatic rings. The topological polar surface area (TPSA) is 282 Å². The average molecular weight is 527 g/mol. The zero-order valence-electron chi connectivity index (χ0n) is 17.8. The summed E-state index contributed by atoms with van der Waals surface area (Å²) in [6.07, 6.45) is -5.66. The predicted octanol–water partition coefficient (Wildman–Crippen LogP) is -10.5. The maximum absolute atomic E-state index is 11.8. The molecule has 0 spiro atoms. The van der Waals surface area contributed by atoms with Gasteiger partial charge in [0, 0.05) is 6.20 Å². The molecule has 22 heteroatoms. The Morgan fingerprint density at radius 3 is 2.23 bits per heavy atom. The van der Waals surface area contributed by atoms with Gasteiger partial charge in [0.25, 0.3) is 15.6 Å². The summed E-state index contributed by atoms with van der Waals surface area (Å²) in [6, 6.07) is 1.17. The second kappa shape index (κ2) is 12.1. The summed E-state index contributed by atoms with van der Waals surface area (Å²) in [7, 11) is -18.1. The van der Waals surface area contributed by atoms with Crippen molar-refractivity contribution in [3.05, 3.63) is 22.7 Å². The fraction of sp³-hybridized carbons (Fsp3) is 0.556. The monoisotopic (exact) mass is 527 g/mol. The first-order valence-electron chi connectivity index (χ1n) is 7.18. The van der Waals surface area contributed by atoms with E-state index in [4.69, 9.17) is 10.5 Å². The molecular weight excluding hydrogens is 513 g/mol. The molecule has 6 atom stereocenters. The third kappa shape index (κ3) is 9.62. The largest absolute Gasteiger partial charge is 1.00 e. The summed E-state index contributed by atoms with van der Waals surface area (Å²) in [6.45, 7) is -1.14. The van der Waals surface area contributed by atoms with Crippen LogP contribution >= 0.6 is 23.5 Å². The van der Waals surface area contributed by atoms with Crippen molar-refractivity contribution in [3.8, 4) is 0 Å². The normalized spacial score (nSPS) is 27.4. The average Bonchev–Trinajstić information content (AvgIpc) is 2.78. The Labute approximate surface area is 220 Å². The van der Waals surface area contributed by atoms with E-state index in [0.29, 0.717) is 0 Å². The zero-order valence-corrected chi connectivity index (χ0v) is 22.5. The molecule has 0 aliphatic carbocycles. The molecule has 0 aromatic carbocycles. The van der Waals surface area contributed by atoms with E-state index >= 15 is 0 Å². The number of hydrogen-bond donors (Lipinski definition) is 3. The maximum Gasteiger partial charge on any atom is 1.00 e. The number of nitrogen functional groups attached to an aromatic ring is 1. The standard InChI is InChI=1S/C9H16N3O14P3.2Na/c10-5-1-2-12(9(15)11-5)8-7(14)6(13)4(24-8)3-23-28(19,20)26-29(21,22)25-27(16,17)18;;/h1-2,4,6-8,13-14H,3H2,(H,19,20)(H,21,22)(H2,10,11,15)(H2,16,17,18);;/q;2*+1/p-2/t4-,6-,7-,8-;;/m1../s1. The Hall–Kier alpha value is 0.970. The molecule has 2 rings (SSSR count). The molecule has 0 saturated carbocycles. The first-order chi connectivity index (χ1) is 13.1. The number of hydrogen-bond acceptors (Lipinski definition) is 16. The number of ether oxygens (including phenoxy) is 1. The Kier molecular flexibility index (Phi) is 12.5. The molecule has 1 aliphatic rings. The van der Waals surface area contributed by atoms with Gasteiger partial charge >= 0.3 is 67.7 Å². The molecule has 1 aliphatic heterocycles. The van der Waals surface area contributed by atoms with Crippen molar-refractivity contribution in [2.75, 3.05) is 12.3 Å². The van der Waals surface area contributed by atoms with Crippen LogP contribution in [0.15, 0.2) is 17.1 Å². The minimum Gasteiger partial charge on any atom is -0.790 e. The smallest absolute Gasteiger partial charge is 0.790 e. The number of rotatable bonds is 8. The molecule has 1 saturated heterocycles. The van der Waals surface area contributed by atoms with Gasteiger partial charge in [-0.3, -0.25) is 18.0 Å². The molecule has 17 nitrogen and oxygen atoms in total. The third-order valence-corrected chi connectivity index (χ3v) is 6.93. The van der Waals surface area contributed by atoms with E-state index in [0.717, 1.165) is 10.8 Å². The molecule has 0 bridgehead atoms. The van der Waals surface area contributed by atoms with Crippen LogP contribution < -0.4 is 90.1 Å². The van der Waals surface area contributed by atoms with Crippen molar-refractivity contribution in [2.45, 2.75) is 24.5 Å². The SMILES string of the molecule is Nc1ccn([C@@H]2O[C@H](COP(=O)([O-])OP(=O)([O-])OP(=O)([O-])[O-])[C@@H](O)[C@H]2O)c(=O)n1.[H+].[H+].[Na+].[Na+]. The molecular formula is C9H14N3Na2O14P3. The summed E-state index contributed by atoms with van der Waals surface area (Å²) in [4.78, 5) is 58.2. The van der Waals surface area contributed by atoms with Gasteiger partial charge in [0.15, 0.2) is 6.23 Å². The third-order valence-electron chi connectivity index (χ3n) is 3.26. The van der Waals surface area contributed by atoms with Crippen LogP contribution in [0.2, 0.25) is 0 Å². The van der Waals surface area contributed by atoms with Crippen LogP contribution in [0.3, 0.4) is 0 Å². The quantitative estimate of drug-likeness (QED) is 0.209. The number of aliphatic hydroxyl groups excluding tert-OH is 2. The number of phosphoric ester groups is 1. The minimum absolute atomic E-state index is 0. The van der Waals surface area contributed by atoms with Gasteiger partial charge in [-0.05, 0) is 6.07 Å². The van der Waals surface area contributed by atoms with E-state index in [1.165, 1.54) is 6.07 Å². The summed E-state index contributed by atoms with van der Waals surface area (Å²) in [5.41, 5.74) is 4.34. The number of phosphoric acid groups is 3. The molecule has 166 valence electrons. The molecule has 0 amide bonds. The van der Waals surface area contributed by atoms with Gasteiger partial charge in [-0.25, -0.2) is 9.11 Å². The first-order valence-corrected chi connectivity index (χ1v) is 11.6. The molecule has 2 unspecified atom stereocenters. The van der Waals surface area contributed by atoms with Crippen molar-refractivity contribution in [1.29, 1.82) is 0 Å². The van der Waals surface area contributed by atoms with E-state index in [-0.39, 0.29) is 67.8 Å². The van der Waals surface area contributed by atoms with Crippen LogP contribution in [-0.4, -0.2) is 44.7 Å². The van der Waals surface area contributed by atoms with E-state index < -0.39 is 60.3 Å². The van der Waals surface area contributed by atoms with Crippen molar-refractivity contribution in [1.82, 2.24) is 9.55 Å². The van der Waals surface area contributed by atoms with Gasteiger partial charge in [0.2, 0.25) is 0 Å². The molecule has 4 N–H and O–H groups in total. The molecule has 1 aromatic heterocycles. The van der Waals surface area contributed by atoms with Gasteiger partial charge < -0.3 is 49.3 Å². The summed E-state index contributed by atoms with van der Waals surface area (Å²) in [5, 5.41) is 19.9. The fourth-order valence-electron chi connectivity index (χ4n) is 2.16. The molecule has 0 radical (unpaired) electrons. The van der Waals surface area contributed by atoms with Crippen LogP contribution in [-0.2, 0) is 31.6 Å². The Morgan fingerprint density at radius 1 is 1.13 bits per heavy atom. The van der Waals surface area contributed by atoms with Crippen molar-refractivity contribution in [2.24, 2.45) is 0 Å². The van der Waals surface area contributed by atoms with Crippen molar-refractivity contribution < 1.29 is 123 Å². The summed E-state index contributed by atoms with van der Waals surface area (Å²) >= 11 is 0. The number of anilines is 1. The van der Waals surface area contributed by atoms with Gasteiger partial charge in [0.1, 0.15) is 24.1 Å². The molecule has 31 heavy (non-hydrogen) atoms. The Bertz CT molecular complexity index is 967. The van der Waals surface area contributed by atoms with Crippen LogP contribution in [0.1, 0.15) is 9.08 Å². The van der Waals surface area contributed by atoms with Crippen LogP contribution in [0.5, 0.6) is 0 Å². The zero-order chi connectivity index (χ0) is 22.2. The summed E-state index contributed by atoms with van der Waals surface area (Å²) < 4.78 is 49.1. The number of aromatic nitrogens is 2. The number of nitrogens with zero attached hydrogens (tertiary/aromatic N) is 2. The maximum atomic E-state index is 11.8. The van der Waals surface area contributed by atoms with Crippen LogP contribution in [0.4, 0.5) is 5.82 Å². The van der Waals surface area contributed by atoms with Crippen LogP contribution in [0.25, 0.3) is 0 Å². The van der Waals surface area contributed by atoms with E-state index in [9.17, 15) is 48.3 Å². The molecule has 2 heterocycles. The van der Waals surface area contributed by atoms with Gasteiger partial charge in [-0.15, -0.1) is 0 Å². The van der Waals surface area contributed by atoms with Crippen LogP contribution in [0, 0.1) is 0 Å². The molecule has 1 fully saturated rings. The van der Waals surface area contributed by atoms with E-state index in [1.54, 1.807) is 0 Å². The fourth-order valence-corrected chi connectivity index (χ4v) is 5.03. The van der Waals surface area contributed by atoms with Crippen molar-refractivity contribution in [3.63, 3.8) is 0 Å². The minimum atomic E-state index is -6.15. The second-order valence-corrected chi connectivity index (χ2v) is 9.64. The summed E-state index contributed by atoms with van der Waals surface area (Å²) in [5.74, 6) is -0.145. The van der Waals surface area contributed by atoms with Gasteiger partial charge in [-0.2, -0.15) is 4.98 Å². The Balaban J connectivity index is -0.00000225. The van der Waals surface area contributed by atoms with Crippen molar-refractivity contribution >= 4 is 29.3 Å². The predicted molar refractivity (Wildman–Crippen MR) is 82.0 cm³/mol. The second-order valence-electron chi connectivity index (χ2n) is 5.39. The first kappa shape index (κ1) is 32.0. The van der Waals surface area contributed by atoms with E-state index in [1.807, 2.05) is 0 Å². The van der Waals surface area contributed by atoms with Gasteiger partial charge in [-0.1, -0.05) is 0 Å². The van der Waals surface area contributed by atoms with Gasteiger partial charge in [0.05, 0.1) is 14.4 Å². The number of aliphatic hydroxyl groups is 2. The Morgan fingerprint density at radius 2 is 1.71 bits per heavy atom.